The molecule has 1 unspecified atom stereocenters. The third-order valence-electron chi connectivity index (χ3n) is 4.08. The number of nitrogens with zero attached hydrogens (tertiary/aromatic N) is 2. The third-order valence-corrected chi connectivity index (χ3v) is 4.08. The second-order valence-corrected chi connectivity index (χ2v) is 5.89. The zero-order valence-electron chi connectivity index (χ0n) is 14.1. The van der Waals surface area contributed by atoms with Crippen molar-refractivity contribution in [3.05, 3.63) is 46.8 Å². The SMILES string of the molecule is COc1cccc(-c2ccc(=O)n(CC(=O)NCC3CCCO3)n2)c1. The lowest BCUT2D eigenvalue weighted by Crippen LogP contribution is -2.37. The Morgan fingerprint density at radius 1 is 1.40 bits per heavy atom. The zero-order chi connectivity index (χ0) is 17.6. The lowest BCUT2D eigenvalue weighted by atomic mass is 10.1. The van der Waals surface area contributed by atoms with Gasteiger partial charge in [-0.3, -0.25) is 9.59 Å². The number of aromatic nitrogens is 2. The average molecular weight is 343 g/mol. The topological polar surface area (TPSA) is 82.5 Å². The van der Waals surface area contributed by atoms with Gasteiger partial charge in [0.05, 0.1) is 18.9 Å². The van der Waals surface area contributed by atoms with Gasteiger partial charge in [0, 0.05) is 24.8 Å². The predicted molar refractivity (Wildman–Crippen MR) is 92.5 cm³/mol. The van der Waals surface area contributed by atoms with E-state index in [9.17, 15) is 9.59 Å². The number of hydrogen-bond donors (Lipinski definition) is 1. The first-order valence-corrected chi connectivity index (χ1v) is 8.26. The Morgan fingerprint density at radius 3 is 3.04 bits per heavy atom. The van der Waals surface area contributed by atoms with Gasteiger partial charge >= 0.3 is 0 Å². The summed E-state index contributed by atoms with van der Waals surface area (Å²) in [5, 5.41) is 7.09. The average Bonchev–Trinajstić information content (AvgIpc) is 3.15. The number of methoxy groups -OCH3 is 1. The van der Waals surface area contributed by atoms with Crippen molar-refractivity contribution in [1.29, 1.82) is 0 Å². The molecule has 0 radical (unpaired) electrons. The molecule has 7 heteroatoms. The van der Waals surface area contributed by atoms with Crippen molar-refractivity contribution < 1.29 is 14.3 Å². The van der Waals surface area contributed by atoms with Crippen molar-refractivity contribution in [1.82, 2.24) is 15.1 Å². The van der Waals surface area contributed by atoms with Crippen LogP contribution in [0.25, 0.3) is 11.3 Å². The Hall–Kier alpha value is -2.67. The standard InChI is InChI=1S/C18H21N3O4/c1-24-14-5-2-4-13(10-14)16-7-8-18(23)21(20-16)12-17(22)19-11-15-6-3-9-25-15/h2,4-5,7-8,10,15H,3,6,9,11-12H2,1H3,(H,19,22). The van der Waals surface area contributed by atoms with Crippen LogP contribution in [0.2, 0.25) is 0 Å². The van der Waals surface area contributed by atoms with Gasteiger partial charge in [0.1, 0.15) is 12.3 Å². The second kappa shape index (κ2) is 7.94. The monoisotopic (exact) mass is 343 g/mol. The second-order valence-electron chi connectivity index (χ2n) is 5.89. The molecular formula is C18H21N3O4. The van der Waals surface area contributed by atoms with Crippen LogP contribution >= 0.6 is 0 Å². The van der Waals surface area contributed by atoms with Gasteiger partial charge < -0.3 is 14.8 Å². The number of carbonyl (C=O) groups excluding carboxylic acids is 1. The highest BCUT2D eigenvalue weighted by Crippen LogP contribution is 2.21. The Bertz CT molecular complexity index is 797. The molecule has 1 aliphatic rings. The first kappa shape index (κ1) is 17.2. The molecule has 1 atom stereocenters. The maximum Gasteiger partial charge on any atom is 0.267 e. The van der Waals surface area contributed by atoms with E-state index in [0.717, 1.165) is 25.0 Å². The van der Waals surface area contributed by atoms with Gasteiger partial charge in [-0.25, -0.2) is 4.68 Å². The molecule has 1 aliphatic heterocycles. The minimum Gasteiger partial charge on any atom is -0.497 e. The van der Waals surface area contributed by atoms with E-state index in [1.54, 1.807) is 13.2 Å². The quantitative estimate of drug-likeness (QED) is 0.853. The van der Waals surface area contributed by atoms with Gasteiger partial charge in [0.25, 0.3) is 5.56 Å². The van der Waals surface area contributed by atoms with Crippen molar-refractivity contribution in [2.24, 2.45) is 0 Å². The van der Waals surface area contributed by atoms with Gasteiger partial charge in [-0.15, -0.1) is 0 Å². The molecule has 1 fully saturated rings. The molecule has 1 aromatic carbocycles. The molecule has 1 N–H and O–H groups in total. The van der Waals surface area contributed by atoms with Gasteiger partial charge in [-0.1, -0.05) is 12.1 Å². The fourth-order valence-electron chi connectivity index (χ4n) is 2.72. The number of hydrogen-bond acceptors (Lipinski definition) is 5. The molecule has 0 saturated carbocycles. The zero-order valence-corrected chi connectivity index (χ0v) is 14.1. The van der Waals surface area contributed by atoms with Crippen molar-refractivity contribution in [2.45, 2.75) is 25.5 Å². The lowest BCUT2D eigenvalue weighted by molar-refractivity contribution is -0.122. The van der Waals surface area contributed by atoms with Crippen LogP contribution < -0.4 is 15.6 Å². The van der Waals surface area contributed by atoms with E-state index in [2.05, 4.69) is 10.4 Å². The number of rotatable bonds is 6. The van der Waals surface area contributed by atoms with Crippen LogP contribution in [0, 0.1) is 0 Å². The molecule has 1 aromatic heterocycles. The summed E-state index contributed by atoms with van der Waals surface area (Å²) in [4.78, 5) is 24.1. The highest BCUT2D eigenvalue weighted by Gasteiger charge is 2.16. The van der Waals surface area contributed by atoms with Gasteiger partial charge in [0.15, 0.2) is 0 Å². The van der Waals surface area contributed by atoms with E-state index in [0.29, 0.717) is 18.0 Å². The maximum absolute atomic E-state index is 12.1. The summed E-state index contributed by atoms with van der Waals surface area (Å²) in [6.07, 6.45) is 2.03. The minimum absolute atomic E-state index is 0.0664. The summed E-state index contributed by atoms with van der Waals surface area (Å²) in [7, 11) is 1.59. The normalized spacial score (nSPS) is 16.6. The first-order valence-electron chi connectivity index (χ1n) is 8.26. The summed E-state index contributed by atoms with van der Waals surface area (Å²) < 4.78 is 11.8. The van der Waals surface area contributed by atoms with Crippen molar-refractivity contribution in [3.8, 4) is 17.0 Å². The number of amides is 1. The number of ether oxygens (including phenoxy) is 2. The Kier molecular flexibility index (Phi) is 5.45. The molecule has 0 spiro atoms. The summed E-state index contributed by atoms with van der Waals surface area (Å²) in [5.41, 5.74) is 1.09. The van der Waals surface area contributed by atoms with E-state index in [1.165, 1.54) is 10.7 Å². The smallest absolute Gasteiger partial charge is 0.267 e. The van der Waals surface area contributed by atoms with Gasteiger partial charge in [-0.2, -0.15) is 5.10 Å². The maximum atomic E-state index is 12.1. The van der Waals surface area contributed by atoms with E-state index in [-0.39, 0.29) is 24.1 Å². The molecule has 0 aliphatic carbocycles. The largest absolute Gasteiger partial charge is 0.497 e. The highest BCUT2D eigenvalue weighted by molar-refractivity contribution is 5.75. The van der Waals surface area contributed by atoms with Crippen LogP contribution in [0.4, 0.5) is 0 Å². The molecule has 2 heterocycles. The fraction of sp³-hybridized carbons (Fsp3) is 0.389. The molecule has 1 saturated heterocycles. The molecule has 0 bridgehead atoms. The Morgan fingerprint density at radius 2 is 2.28 bits per heavy atom. The minimum atomic E-state index is -0.320. The van der Waals surface area contributed by atoms with Crippen molar-refractivity contribution in [3.63, 3.8) is 0 Å². The van der Waals surface area contributed by atoms with Crippen molar-refractivity contribution >= 4 is 5.91 Å². The summed E-state index contributed by atoms with van der Waals surface area (Å²) in [6.45, 7) is 1.08. The van der Waals surface area contributed by atoms with Crippen LogP contribution in [0.3, 0.4) is 0 Å². The van der Waals surface area contributed by atoms with Crippen LogP contribution in [0.5, 0.6) is 5.75 Å². The number of carbonyl (C=O) groups is 1. The van der Waals surface area contributed by atoms with E-state index < -0.39 is 0 Å². The molecule has 7 nitrogen and oxygen atoms in total. The van der Waals surface area contributed by atoms with Crippen LogP contribution in [0.1, 0.15) is 12.8 Å². The van der Waals surface area contributed by atoms with Crippen LogP contribution in [-0.2, 0) is 16.1 Å². The lowest BCUT2D eigenvalue weighted by Gasteiger charge is -2.12. The molecule has 3 rings (SSSR count). The van der Waals surface area contributed by atoms with Crippen molar-refractivity contribution in [2.75, 3.05) is 20.3 Å². The van der Waals surface area contributed by atoms with Crippen LogP contribution in [0.15, 0.2) is 41.2 Å². The molecule has 2 aromatic rings. The van der Waals surface area contributed by atoms with Gasteiger partial charge in [0.2, 0.25) is 5.91 Å². The molecular weight excluding hydrogens is 322 g/mol. The fourth-order valence-corrected chi connectivity index (χ4v) is 2.72. The van der Waals surface area contributed by atoms with Gasteiger partial charge in [-0.05, 0) is 31.0 Å². The number of benzene rings is 1. The summed E-state index contributed by atoms with van der Waals surface area (Å²) >= 11 is 0. The highest BCUT2D eigenvalue weighted by atomic mass is 16.5. The van der Waals surface area contributed by atoms with E-state index in [1.807, 2.05) is 24.3 Å². The summed E-state index contributed by atoms with van der Waals surface area (Å²) in [6, 6.07) is 10.4. The van der Waals surface area contributed by atoms with E-state index in [4.69, 9.17) is 9.47 Å². The first-order chi connectivity index (χ1) is 12.2. The molecule has 132 valence electrons. The predicted octanol–water partition coefficient (Wildman–Crippen LogP) is 1.21. The Labute approximate surface area is 145 Å². The Balaban J connectivity index is 1.70. The summed E-state index contributed by atoms with van der Waals surface area (Å²) in [5.74, 6) is 0.444. The molecule has 25 heavy (non-hydrogen) atoms. The molecule has 1 amide bonds. The third kappa shape index (κ3) is 4.45. The van der Waals surface area contributed by atoms with Crippen LogP contribution in [-0.4, -0.2) is 42.1 Å². The number of nitrogens with one attached hydrogen (secondary N) is 1. The van der Waals surface area contributed by atoms with E-state index >= 15 is 0 Å².